The minimum absolute atomic E-state index is 0.0590. The summed E-state index contributed by atoms with van der Waals surface area (Å²) in [7, 11) is 2.24. The number of hydrogen-bond acceptors (Lipinski definition) is 6. The SMILES string of the molecule is CCC1CCC(C)N1C.O=C(CCOc1ccc(O)cc1)NCCc1ccc2c(c1)OCCO2. The van der Waals surface area contributed by atoms with Crippen molar-refractivity contribution in [2.24, 2.45) is 0 Å². The van der Waals surface area contributed by atoms with E-state index >= 15 is 0 Å². The van der Waals surface area contributed by atoms with Crippen LogP contribution in [0.15, 0.2) is 42.5 Å². The highest BCUT2D eigenvalue weighted by Gasteiger charge is 2.24. The zero-order chi connectivity index (χ0) is 24.3. The van der Waals surface area contributed by atoms with E-state index in [1.807, 2.05) is 18.2 Å². The lowest BCUT2D eigenvalue weighted by Gasteiger charge is -2.21. The highest BCUT2D eigenvalue weighted by Crippen LogP contribution is 2.30. The summed E-state index contributed by atoms with van der Waals surface area (Å²) in [5.41, 5.74) is 1.09. The summed E-state index contributed by atoms with van der Waals surface area (Å²) in [6.45, 7) is 6.58. The molecule has 2 aromatic carbocycles. The maximum absolute atomic E-state index is 11.8. The Morgan fingerprint density at radius 1 is 1.12 bits per heavy atom. The molecule has 0 aliphatic carbocycles. The molecule has 0 saturated carbocycles. The van der Waals surface area contributed by atoms with Crippen LogP contribution in [0, 0.1) is 0 Å². The van der Waals surface area contributed by atoms with Crippen LogP contribution in [0.1, 0.15) is 45.1 Å². The molecule has 2 unspecified atom stereocenters. The predicted molar refractivity (Wildman–Crippen MR) is 133 cm³/mol. The van der Waals surface area contributed by atoms with Gasteiger partial charge in [0.05, 0.1) is 13.0 Å². The van der Waals surface area contributed by atoms with Crippen molar-refractivity contribution in [3.63, 3.8) is 0 Å². The number of nitrogens with one attached hydrogen (secondary N) is 1. The van der Waals surface area contributed by atoms with Gasteiger partial charge in [-0.15, -0.1) is 0 Å². The molecule has 7 nitrogen and oxygen atoms in total. The van der Waals surface area contributed by atoms with E-state index in [4.69, 9.17) is 14.2 Å². The summed E-state index contributed by atoms with van der Waals surface area (Å²) >= 11 is 0. The van der Waals surface area contributed by atoms with Gasteiger partial charge in [-0.05, 0) is 81.6 Å². The van der Waals surface area contributed by atoms with E-state index in [0.29, 0.717) is 32.1 Å². The van der Waals surface area contributed by atoms with Crippen LogP contribution in [0.25, 0.3) is 0 Å². The lowest BCUT2D eigenvalue weighted by Crippen LogP contribution is -2.29. The molecule has 186 valence electrons. The van der Waals surface area contributed by atoms with Crippen molar-refractivity contribution >= 4 is 5.91 Å². The second kappa shape index (κ2) is 13.1. The maximum Gasteiger partial charge on any atom is 0.223 e. The van der Waals surface area contributed by atoms with Crippen LogP contribution in [0.4, 0.5) is 0 Å². The molecule has 7 heteroatoms. The van der Waals surface area contributed by atoms with Gasteiger partial charge in [-0.2, -0.15) is 0 Å². The Bertz CT molecular complexity index is 902. The van der Waals surface area contributed by atoms with Crippen molar-refractivity contribution in [1.82, 2.24) is 10.2 Å². The molecule has 2 heterocycles. The van der Waals surface area contributed by atoms with Crippen LogP contribution in [0.3, 0.4) is 0 Å². The van der Waals surface area contributed by atoms with Crippen LogP contribution >= 0.6 is 0 Å². The number of carbonyl (C=O) groups excluding carboxylic acids is 1. The van der Waals surface area contributed by atoms with Crippen molar-refractivity contribution in [3.8, 4) is 23.0 Å². The molecule has 2 aliphatic rings. The molecule has 0 bridgehead atoms. The first-order valence-corrected chi connectivity index (χ1v) is 12.2. The average molecular weight is 471 g/mol. The lowest BCUT2D eigenvalue weighted by atomic mass is 10.1. The first-order valence-electron chi connectivity index (χ1n) is 12.2. The topological polar surface area (TPSA) is 80.3 Å². The van der Waals surface area contributed by atoms with E-state index in [1.54, 1.807) is 24.3 Å². The summed E-state index contributed by atoms with van der Waals surface area (Å²) < 4.78 is 16.5. The normalized spacial score (nSPS) is 19.1. The summed E-state index contributed by atoms with van der Waals surface area (Å²) in [6.07, 6.45) is 5.13. The van der Waals surface area contributed by atoms with Crippen molar-refractivity contribution < 1.29 is 24.1 Å². The standard InChI is InChI=1S/C19H21NO5.C8H17N/c21-15-2-4-16(5-3-15)23-10-8-19(22)20-9-7-14-1-6-17-18(13-14)25-12-11-24-17;1-4-8-6-5-7(2)9(8)3/h1-6,13,21H,7-12H2,(H,20,22);7-8H,4-6H2,1-3H3. The van der Waals surface area contributed by atoms with Gasteiger partial charge < -0.3 is 29.5 Å². The number of fused-ring (bicyclic) bond motifs is 1. The van der Waals surface area contributed by atoms with Crippen LogP contribution in [0.5, 0.6) is 23.0 Å². The Hall–Kier alpha value is -2.93. The molecule has 1 amide bonds. The Kier molecular flexibility index (Phi) is 9.89. The van der Waals surface area contributed by atoms with Gasteiger partial charge in [0.25, 0.3) is 0 Å². The van der Waals surface area contributed by atoms with E-state index in [0.717, 1.165) is 35.6 Å². The molecule has 1 saturated heterocycles. The minimum atomic E-state index is -0.0590. The van der Waals surface area contributed by atoms with E-state index in [2.05, 4.69) is 31.1 Å². The van der Waals surface area contributed by atoms with Crippen LogP contribution in [0.2, 0.25) is 0 Å². The van der Waals surface area contributed by atoms with Gasteiger partial charge in [0.1, 0.15) is 24.7 Å². The monoisotopic (exact) mass is 470 g/mol. The van der Waals surface area contributed by atoms with Gasteiger partial charge >= 0.3 is 0 Å². The summed E-state index contributed by atoms with van der Waals surface area (Å²) in [6, 6.07) is 13.9. The fraction of sp³-hybridized carbons (Fsp3) is 0.519. The van der Waals surface area contributed by atoms with Gasteiger partial charge in [0.15, 0.2) is 11.5 Å². The Morgan fingerprint density at radius 3 is 2.50 bits per heavy atom. The molecule has 0 spiro atoms. The zero-order valence-electron chi connectivity index (χ0n) is 20.6. The number of benzene rings is 2. The number of phenols is 1. The molecule has 0 aromatic heterocycles. The third-order valence-electron chi connectivity index (χ3n) is 6.44. The van der Waals surface area contributed by atoms with Crippen molar-refractivity contribution in [1.29, 1.82) is 0 Å². The largest absolute Gasteiger partial charge is 0.508 e. The summed E-state index contributed by atoms with van der Waals surface area (Å²) in [4.78, 5) is 14.3. The molecular formula is C27H38N2O5. The first-order chi connectivity index (χ1) is 16.5. The number of hydrogen-bond donors (Lipinski definition) is 2. The van der Waals surface area contributed by atoms with E-state index in [9.17, 15) is 9.90 Å². The highest BCUT2D eigenvalue weighted by molar-refractivity contribution is 5.76. The van der Waals surface area contributed by atoms with E-state index < -0.39 is 0 Å². The van der Waals surface area contributed by atoms with E-state index in [1.165, 1.54) is 19.3 Å². The third-order valence-corrected chi connectivity index (χ3v) is 6.44. The lowest BCUT2D eigenvalue weighted by molar-refractivity contribution is -0.121. The zero-order valence-corrected chi connectivity index (χ0v) is 20.6. The third kappa shape index (κ3) is 7.83. The number of likely N-dealkylation sites (tertiary alicyclic amines) is 1. The first kappa shape index (κ1) is 25.7. The number of carbonyl (C=O) groups is 1. The molecule has 2 aliphatic heterocycles. The summed E-state index contributed by atoms with van der Waals surface area (Å²) in [5.74, 6) is 2.28. The molecule has 1 fully saturated rings. The van der Waals surface area contributed by atoms with Gasteiger partial charge in [0, 0.05) is 18.6 Å². The number of phenolic OH excluding ortho intramolecular Hbond substituents is 1. The fourth-order valence-electron chi connectivity index (χ4n) is 4.17. The smallest absolute Gasteiger partial charge is 0.223 e. The molecule has 2 aromatic rings. The second-order valence-electron chi connectivity index (χ2n) is 8.82. The minimum Gasteiger partial charge on any atom is -0.508 e. The molecule has 2 atom stereocenters. The number of aromatic hydroxyl groups is 1. The highest BCUT2D eigenvalue weighted by atomic mass is 16.6. The van der Waals surface area contributed by atoms with Crippen molar-refractivity contribution in [2.75, 3.05) is 33.4 Å². The second-order valence-corrected chi connectivity index (χ2v) is 8.82. The van der Waals surface area contributed by atoms with Crippen LogP contribution in [-0.4, -0.2) is 61.4 Å². The number of amides is 1. The van der Waals surface area contributed by atoms with Crippen LogP contribution in [-0.2, 0) is 11.2 Å². The molecule has 34 heavy (non-hydrogen) atoms. The Balaban J connectivity index is 0.000000302. The van der Waals surface area contributed by atoms with Crippen molar-refractivity contribution in [2.45, 2.75) is 58.0 Å². The maximum atomic E-state index is 11.8. The van der Waals surface area contributed by atoms with Crippen molar-refractivity contribution in [3.05, 3.63) is 48.0 Å². The van der Waals surface area contributed by atoms with Gasteiger partial charge in [0.2, 0.25) is 5.91 Å². The fourth-order valence-corrected chi connectivity index (χ4v) is 4.17. The quantitative estimate of drug-likeness (QED) is 0.603. The van der Waals surface area contributed by atoms with Gasteiger partial charge in [-0.1, -0.05) is 13.0 Å². The van der Waals surface area contributed by atoms with Crippen LogP contribution < -0.4 is 19.5 Å². The molecular weight excluding hydrogens is 432 g/mol. The number of ether oxygens (including phenoxy) is 3. The Labute approximate surface area is 203 Å². The van der Waals surface area contributed by atoms with Gasteiger partial charge in [-0.25, -0.2) is 0 Å². The summed E-state index contributed by atoms with van der Waals surface area (Å²) in [5, 5.41) is 12.1. The number of nitrogens with zero attached hydrogens (tertiary/aromatic N) is 1. The Morgan fingerprint density at radius 2 is 1.85 bits per heavy atom. The molecule has 2 N–H and O–H groups in total. The molecule has 4 rings (SSSR count). The average Bonchev–Trinajstić information content (AvgIpc) is 3.18. The predicted octanol–water partition coefficient (Wildman–Crippen LogP) is 4.17. The van der Waals surface area contributed by atoms with E-state index in [-0.39, 0.29) is 18.1 Å². The molecule has 0 radical (unpaired) electrons. The van der Waals surface area contributed by atoms with Gasteiger partial charge in [-0.3, -0.25) is 4.79 Å². The number of rotatable bonds is 8.